The quantitative estimate of drug-likeness (QED) is 0.843. The third kappa shape index (κ3) is 2.22. The van der Waals surface area contributed by atoms with Gasteiger partial charge < -0.3 is 9.05 Å². The zero-order valence-electron chi connectivity index (χ0n) is 11.4. The first-order chi connectivity index (χ1) is 9.79. The van der Waals surface area contributed by atoms with Gasteiger partial charge in [0.1, 0.15) is 0 Å². The zero-order valence-corrected chi connectivity index (χ0v) is 11.4. The van der Waals surface area contributed by atoms with Gasteiger partial charge in [-0.05, 0) is 39.2 Å². The van der Waals surface area contributed by atoms with Gasteiger partial charge in [-0.1, -0.05) is 10.3 Å². The molecule has 2 aromatic heterocycles. The third-order valence-corrected chi connectivity index (χ3v) is 3.95. The van der Waals surface area contributed by atoms with Crippen molar-refractivity contribution in [3.8, 4) is 0 Å². The lowest BCUT2D eigenvalue weighted by molar-refractivity contribution is 0.202. The average Bonchev–Trinajstić information content (AvgIpc) is 2.87. The Hall–Kier alpha value is -1.76. The molecule has 4 rings (SSSR count). The maximum absolute atomic E-state index is 5.36. The molecule has 0 bridgehead atoms. The second-order valence-corrected chi connectivity index (χ2v) is 5.63. The highest BCUT2D eigenvalue weighted by molar-refractivity contribution is 5.05. The predicted molar refractivity (Wildman–Crippen MR) is 67.7 cm³/mol. The molecule has 0 radical (unpaired) electrons. The molecule has 2 aliphatic rings. The van der Waals surface area contributed by atoms with Gasteiger partial charge in [-0.15, -0.1) is 0 Å². The highest BCUT2D eigenvalue weighted by atomic mass is 16.5. The molecule has 0 spiro atoms. The summed E-state index contributed by atoms with van der Waals surface area (Å²) in [5, 5.41) is 7.99. The number of aromatic nitrogens is 4. The van der Waals surface area contributed by atoms with Gasteiger partial charge in [-0.25, -0.2) is 0 Å². The monoisotopic (exact) mass is 275 g/mol. The van der Waals surface area contributed by atoms with Gasteiger partial charge in [0.15, 0.2) is 11.6 Å². The first kappa shape index (κ1) is 12.0. The lowest BCUT2D eigenvalue weighted by Crippen LogP contribution is -2.23. The van der Waals surface area contributed by atoms with Crippen molar-refractivity contribution in [2.75, 3.05) is 6.54 Å². The molecular weight excluding hydrogens is 258 g/mol. The first-order valence-electron chi connectivity index (χ1n) is 7.16. The summed E-state index contributed by atoms with van der Waals surface area (Å²) in [6, 6.07) is 0.207. The highest BCUT2D eigenvalue weighted by Gasteiger charge is 2.34. The molecule has 7 heteroatoms. The van der Waals surface area contributed by atoms with Crippen LogP contribution in [0.4, 0.5) is 0 Å². The van der Waals surface area contributed by atoms with Crippen molar-refractivity contribution in [1.29, 1.82) is 0 Å². The third-order valence-electron chi connectivity index (χ3n) is 3.95. The van der Waals surface area contributed by atoms with E-state index in [-0.39, 0.29) is 6.04 Å². The van der Waals surface area contributed by atoms with Crippen molar-refractivity contribution >= 4 is 0 Å². The summed E-state index contributed by atoms with van der Waals surface area (Å²) in [6.45, 7) is 3.48. The van der Waals surface area contributed by atoms with Crippen molar-refractivity contribution in [2.45, 2.75) is 51.1 Å². The standard InChI is InChI=1S/C13H17N5O2/c1-8-14-11(19-16-8)7-18-6-2-3-10(18)12-15-13(20-17-12)9-4-5-9/h9-10H,2-7H2,1H3/t10-/m0/s1. The van der Waals surface area contributed by atoms with Crippen LogP contribution in [-0.2, 0) is 6.54 Å². The Bertz CT molecular complexity index is 603. The van der Waals surface area contributed by atoms with Crippen LogP contribution in [0.5, 0.6) is 0 Å². The lowest BCUT2D eigenvalue weighted by atomic mass is 10.2. The Morgan fingerprint density at radius 3 is 2.80 bits per heavy atom. The van der Waals surface area contributed by atoms with E-state index in [9.17, 15) is 0 Å². The Morgan fingerprint density at radius 1 is 1.15 bits per heavy atom. The molecule has 20 heavy (non-hydrogen) atoms. The second kappa shape index (κ2) is 4.66. The molecule has 0 unspecified atom stereocenters. The minimum atomic E-state index is 0.207. The van der Waals surface area contributed by atoms with Gasteiger partial charge in [0.2, 0.25) is 11.8 Å². The Morgan fingerprint density at radius 2 is 2.05 bits per heavy atom. The van der Waals surface area contributed by atoms with E-state index in [1.807, 2.05) is 6.92 Å². The molecule has 0 aromatic carbocycles. The first-order valence-corrected chi connectivity index (χ1v) is 7.16. The van der Waals surface area contributed by atoms with E-state index in [1.54, 1.807) is 0 Å². The second-order valence-electron chi connectivity index (χ2n) is 5.63. The zero-order chi connectivity index (χ0) is 13.5. The largest absolute Gasteiger partial charge is 0.339 e. The van der Waals surface area contributed by atoms with Crippen molar-refractivity contribution in [1.82, 2.24) is 25.2 Å². The normalized spacial score (nSPS) is 23.6. The number of hydrogen-bond donors (Lipinski definition) is 0. The maximum Gasteiger partial charge on any atom is 0.240 e. The Kier molecular flexibility index (Phi) is 2.80. The van der Waals surface area contributed by atoms with Crippen LogP contribution in [0.1, 0.15) is 61.1 Å². The van der Waals surface area contributed by atoms with Crippen molar-refractivity contribution in [3.63, 3.8) is 0 Å². The molecular formula is C13H17N5O2. The predicted octanol–water partition coefficient (Wildman–Crippen LogP) is 1.98. The molecule has 7 nitrogen and oxygen atoms in total. The van der Waals surface area contributed by atoms with Crippen LogP contribution in [0.25, 0.3) is 0 Å². The fraction of sp³-hybridized carbons (Fsp3) is 0.692. The van der Waals surface area contributed by atoms with Crippen LogP contribution < -0.4 is 0 Å². The van der Waals surface area contributed by atoms with Crippen LogP contribution in [0.2, 0.25) is 0 Å². The molecule has 1 aliphatic heterocycles. The van der Waals surface area contributed by atoms with E-state index in [0.717, 1.165) is 31.1 Å². The van der Waals surface area contributed by atoms with Crippen LogP contribution >= 0.6 is 0 Å². The summed E-state index contributed by atoms with van der Waals surface area (Å²) >= 11 is 0. The van der Waals surface area contributed by atoms with E-state index < -0.39 is 0 Å². The summed E-state index contributed by atoms with van der Waals surface area (Å²) in [4.78, 5) is 11.1. The molecule has 1 saturated heterocycles. The van der Waals surface area contributed by atoms with Crippen LogP contribution in [-0.4, -0.2) is 31.7 Å². The molecule has 3 heterocycles. The minimum absolute atomic E-state index is 0.207. The molecule has 1 aliphatic carbocycles. The van der Waals surface area contributed by atoms with Gasteiger partial charge in [-0.3, -0.25) is 4.90 Å². The summed E-state index contributed by atoms with van der Waals surface area (Å²) < 4.78 is 10.6. The van der Waals surface area contributed by atoms with Crippen molar-refractivity contribution in [2.24, 2.45) is 0 Å². The van der Waals surface area contributed by atoms with Crippen LogP contribution in [0, 0.1) is 6.92 Å². The summed E-state index contributed by atoms with van der Waals surface area (Å²) in [5.74, 6) is 3.44. The summed E-state index contributed by atoms with van der Waals surface area (Å²) in [6.07, 6.45) is 4.54. The van der Waals surface area contributed by atoms with Gasteiger partial charge in [-0.2, -0.15) is 9.97 Å². The lowest BCUT2D eigenvalue weighted by Gasteiger charge is -2.19. The van der Waals surface area contributed by atoms with E-state index in [0.29, 0.717) is 24.2 Å². The smallest absolute Gasteiger partial charge is 0.240 e. The van der Waals surface area contributed by atoms with Gasteiger partial charge in [0, 0.05) is 5.92 Å². The Balaban J connectivity index is 1.50. The van der Waals surface area contributed by atoms with Crippen LogP contribution in [0.3, 0.4) is 0 Å². The molecule has 1 saturated carbocycles. The Labute approximate surface area is 116 Å². The van der Waals surface area contributed by atoms with E-state index in [1.165, 1.54) is 12.8 Å². The van der Waals surface area contributed by atoms with Gasteiger partial charge in [0.25, 0.3) is 0 Å². The average molecular weight is 275 g/mol. The van der Waals surface area contributed by atoms with E-state index in [2.05, 4.69) is 25.2 Å². The van der Waals surface area contributed by atoms with Crippen molar-refractivity contribution in [3.05, 3.63) is 23.4 Å². The fourth-order valence-electron chi connectivity index (χ4n) is 2.76. The number of aryl methyl sites for hydroxylation is 1. The van der Waals surface area contributed by atoms with Gasteiger partial charge in [0.05, 0.1) is 12.6 Å². The molecule has 2 aromatic rings. The summed E-state index contributed by atoms with van der Waals surface area (Å²) in [5.41, 5.74) is 0. The molecule has 0 N–H and O–H groups in total. The fourth-order valence-corrected chi connectivity index (χ4v) is 2.76. The molecule has 2 fully saturated rings. The maximum atomic E-state index is 5.36. The topological polar surface area (TPSA) is 81.1 Å². The minimum Gasteiger partial charge on any atom is -0.339 e. The van der Waals surface area contributed by atoms with Gasteiger partial charge >= 0.3 is 0 Å². The molecule has 0 amide bonds. The molecule has 106 valence electrons. The van der Waals surface area contributed by atoms with Crippen LogP contribution in [0.15, 0.2) is 9.05 Å². The number of rotatable bonds is 4. The summed E-state index contributed by atoms with van der Waals surface area (Å²) in [7, 11) is 0. The number of hydrogen-bond acceptors (Lipinski definition) is 7. The number of likely N-dealkylation sites (tertiary alicyclic amines) is 1. The van der Waals surface area contributed by atoms with E-state index in [4.69, 9.17) is 9.05 Å². The SMILES string of the molecule is Cc1noc(CN2CCC[C@H]2c2noc(C3CC3)n2)n1. The van der Waals surface area contributed by atoms with E-state index >= 15 is 0 Å². The van der Waals surface area contributed by atoms with Crippen molar-refractivity contribution < 1.29 is 9.05 Å². The molecule has 1 atom stereocenters. The number of nitrogens with zero attached hydrogens (tertiary/aromatic N) is 5. The highest BCUT2D eigenvalue weighted by Crippen LogP contribution is 2.40.